The van der Waals surface area contributed by atoms with Gasteiger partial charge < -0.3 is 14.2 Å². The minimum atomic E-state index is -0.735. The van der Waals surface area contributed by atoms with Gasteiger partial charge in [-0.05, 0) is 37.3 Å². The van der Waals surface area contributed by atoms with Gasteiger partial charge in [0.05, 0.1) is 30.5 Å². The quantitative estimate of drug-likeness (QED) is 0.172. The van der Waals surface area contributed by atoms with Crippen molar-refractivity contribution in [3.8, 4) is 22.1 Å². The second-order valence-corrected chi connectivity index (χ2v) is 8.50. The molecule has 2 aromatic carbocycles. The number of benzene rings is 2. The van der Waals surface area contributed by atoms with Crippen LogP contribution in [0.4, 0.5) is 0 Å². The van der Waals surface area contributed by atoms with Crippen LogP contribution in [0.25, 0.3) is 20.8 Å². The summed E-state index contributed by atoms with van der Waals surface area (Å²) in [6.07, 6.45) is 0. The number of amides is 2. The van der Waals surface area contributed by atoms with Gasteiger partial charge in [-0.15, -0.1) is 11.3 Å². The van der Waals surface area contributed by atoms with Crippen LogP contribution in [-0.2, 0) is 19.1 Å². The molecule has 0 aliphatic carbocycles. The number of carbonyl (C=O) groups is 3. The standard InChI is InChI=1S/C23H26N4O6S2/c1-3-32-23(30)16(13-34)24-11-20(28)26-27-21(29)12-33-17-9-8-14(10-18(17)31-2)22-25-15-6-4-5-7-19(15)35-22/h4-10,16,24,34H,3,11-13H2,1-2H3,(H,26,28)(H,27,29)/t16-/m0/s1. The number of nitrogens with one attached hydrogen (secondary N) is 3. The highest BCUT2D eigenvalue weighted by Gasteiger charge is 2.19. The summed E-state index contributed by atoms with van der Waals surface area (Å²) in [4.78, 5) is 40.4. The number of esters is 1. The Morgan fingerprint density at radius 2 is 1.86 bits per heavy atom. The molecule has 0 bridgehead atoms. The van der Waals surface area contributed by atoms with E-state index in [1.165, 1.54) is 7.11 Å². The van der Waals surface area contributed by atoms with Gasteiger partial charge >= 0.3 is 5.97 Å². The number of thiol groups is 1. The number of hydrogen-bond acceptors (Lipinski definition) is 10. The van der Waals surface area contributed by atoms with Crippen molar-refractivity contribution in [2.45, 2.75) is 13.0 Å². The summed E-state index contributed by atoms with van der Waals surface area (Å²) in [5.74, 6) is -0.660. The maximum atomic E-state index is 12.1. The Morgan fingerprint density at radius 3 is 2.57 bits per heavy atom. The number of methoxy groups -OCH3 is 1. The Labute approximate surface area is 211 Å². The Morgan fingerprint density at radius 1 is 1.09 bits per heavy atom. The van der Waals surface area contributed by atoms with E-state index in [-0.39, 0.29) is 25.5 Å². The van der Waals surface area contributed by atoms with Gasteiger partial charge in [0.1, 0.15) is 11.0 Å². The molecule has 0 aliphatic rings. The van der Waals surface area contributed by atoms with Crippen LogP contribution in [0.15, 0.2) is 42.5 Å². The van der Waals surface area contributed by atoms with Gasteiger partial charge in [0, 0.05) is 11.3 Å². The minimum absolute atomic E-state index is 0.159. The summed E-state index contributed by atoms with van der Waals surface area (Å²) in [5, 5.41) is 3.55. The Bertz CT molecular complexity index is 1150. The van der Waals surface area contributed by atoms with E-state index in [2.05, 4.69) is 33.8 Å². The number of hydrazine groups is 1. The first-order chi connectivity index (χ1) is 16.9. The van der Waals surface area contributed by atoms with E-state index in [1.54, 1.807) is 30.4 Å². The topological polar surface area (TPSA) is 128 Å². The summed E-state index contributed by atoms with van der Waals surface area (Å²) in [6.45, 7) is 1.34. The molecule has 3 rings (SSSR count). The normalized spacial score (nSPS) is 11.5. The molecule has 3 N–H and O–H groups in total. The fraction of sp³-hybridized carbons (Fsp3) is 0.304. The number of aromatic nitrogens is 1. The van der Waals surface area contributed by atoms with Crippen LogP contribution in [0.5, 0.6) is 11.5 Å². The monoisotopic (exact) mass is 518 g/mol. The number of ether oxygens (including phenoxy) is 3. The van der Waals surface area contributed by atoms with Crippen LogP contribution >= 0.6 is 24.0 Å². The van der Waals surface area contributed by atoms with Crippen LogP contribution in [0.1, 0.15) is 6.92 Å². The van der Waals surface area contributed by atoms with E-state index >= 15 is 0 Å². The molecule has 3 aromatic rings. The number of thiazole rings is 1. The fourth-order valence-corrected chi connectivity index (χ4v) is 4.20. The second-order valence-electron chi connectivity index (χ2n) is 7.11. The third-order valence-corrected chi connectivity index (χ3v) is 6.12. The highest BCUT2D eigenvalue weighted by molar-refractivity contribution is 7.80. The van der Waals surface area contributed by atoms with Gasteiger partial charge in [-0.1, -0.05) is 12.1 Å². The Balaban J connectivity index is 1.49. The van der Waals surface area contributed by atoms with E-state index in [9.17, 15) is 14.4 Å². The molecule has 0 spiro atoms. The van der Waals surface area contributed by atoms with Crippen molar-refractivity contribution in [3.05, 3.63) is 42.5 Å². The lowest BCUT2D eigenvalue weighted by atomic mass is 10.2. The molecule has 186 valence electrons. The molecular weight excluding hydrogens is 492 g/mol. The van der Waals surface area contributed by atoms with E-state index < -0.39 is 23.8 Å². The number of carbonyl (C=O) groups excluding carboxylic acids is 3. The van der Waals surface area contributed by atoms with Crippen LogP contribution in [0, 0.1) is 0 Å². The van der Waals surface area contributed by atoms with E-state index in [4.69, 9.17) is 14.2 Å². The first kappa shape index (κ1) is 26.3. The van der Waals surface area contributed by atoms with Gasteiger partial charge in [0.15, 0.2) is 18.1 Å². The van der Waals surface area contributed by atoms with Crippen molar-refractivity contribution < 1.29 is 28.6 Å². The van der Waals surface area contributed by atoms with Gasteiger partial charge in [0.2, 0.25) is 0 Å². The first-order valence-electron chi connectivity index (χ1n) is 10.7. The number of rotatable bonds is 11. The molecule has 12 heteroatoms. The third kappa shape index (κ3) is 7.31. The second kappa shape index (κ2) is 12.9. The largest absolute Gasteiger partial charge is 0.493 e. The van der Waals surface area contributed by atoms with E-state index in [0.717, 1.165) is 20.8 Å². The van der Waals surface area contributed by atoms with Gasteiger partial charge in [-0.25, -0.2) is 4.98 Å². The SMILES string of the molecule is CCOC(=O)[C@H](CS)NCC(=O)NNC(=O)COc1ccc(-c2nc3ccccc3s2)cc1OC. The molecule has 1 atom stereocenters. The molecule has 0 fully saturated rings. The van der Waals surface area contributed by atoms with Crippen molar-refractivity contribution in [1.29, 1.82) is 0 Å². The molecule has 0 aliphatic heterocycles. The lowest BCUT2D eigenvalue weighted by Gasteiger charge is -2.15. The number of fused-ring (bicyclic) bond motifs is 1. The number of hydrogen-bond donors (Lipinski definition) is 4. The average Bonchev–Trinajstić information content (AvgIpc) is 3.31. The van der Waals surface area contributed by atoms with E-state index in [0.29, 0.717) is 11.5 Å². The summed E-state index contributed by atoms with van der Waals surface area (Å²) >= 11 is 5.62. The van der Waals surface area contributed by atoms with Crippen LogP contribution in [0.3, 0.4) is 0 Å². The third-order valence-electron chi connectivity index (χ3n) is 4.67. The van der Waals surface area contributed by atoms with Gasteiger partial charge in [0.25, 0.3) is 11.8 Å². The summed E-state index contributed by atoms with van der Waals surface area (Å²) < 4.78 is 16.9. The van der Waals surface area contributed by atoms with Crippen molar-refractivity contribution in [1.82, 2.24) is 21.2 Å². The molecular formula is C23H26N4O6S2. The molecule has 0 saturated heterocycles. The zero-order chi connectivity index (χ0) is 25.2. The Hall–Kier alpha value is -3.35. The molecule has 2 amide bonds. The maximum absolute atomic E-state index is 12.1. The predicted molar refractivity (Wildman–Crippen MR) is 136 cm³/mol. The fourth-order valence-electron chi connectivity index (χ4n) is 2.96. The molecule has 1 aromatic heterocycles. The van der Waals surface area contributed by atoms with Gasteiger partial charge in [-0.2, -0.15) is 12.6 Å². The average molecular weight is 519 g/mol. The first-order valence-corrected chi connectivity index (χ1v) is 12.1. The summed E-state index contributed by atoms with van der Waals surface area (Å²) in [5.41, 5.74) is 6.28. The smallest absolute Gasteiger partial charge is 0.323 e. The predicted octanol–water partition coefficient (Wildman–Crippen LogP) is 1.95. The van der Waals surface area contributed by atoms with Gasteiger partial charge in [-0.3, -0.25) is 30.6 Å². The van der Waals surface area contributed by atoms with Crippen LogP contribution in [0.2, 0.25) is 0 Å². The van der Waals surface area contributed by atoms with Crippen molar-refractivity contribution in [2.75, 3.05) is 32.6 Å². The lowest BCUT2D eigenvalue weighted by molar-refractivity contribution is -0.145. The highest BCUT2D eigenvalue weighted by atomic mass is 32.1. The van der Waals surface area contributed by atoms with Crippen molar-refractivity contribution in [2.24, 2.45) is 0 Å². The molecule has 0 radical (unpaired) electrons. The van der Waals surface area contributed by atoms with Crippen LogP contribution in [-0.4, -0.2) is 61.4 Å². The van der Waals surface area contributed by atoms with Crippen molar-refractivity contribution in [3.63, 3.8) is 0 Å². The van der Waals surface area contributed by atoms with Crippen LogP contribution < -0.4 is 25.6 Å². The zero-order valence-corrected chi connectivity index (χ0v) is 20.9. The molecule has 10 nitrogen and oxygen atoms in total. The highest BCUT2D eigenvalue weighted by Crippen LogP contribution is 2.35. The van der Waals surface area contributed by atoms with Crippen molar-refractivity contribution >= 4 is 52.0 Å². The number of para-hydroxylation sites is 1. The zero-order valence-electron chi connectivity index (χ0n) is 19.2. The Kier molecular flexibility index (Phi) is 9.70. The minimum Gasteiger partial charge on any atom is -0.493 e. The molecule has 1 heterocycles. The number of nitrogens with zero attached hydrogens (tertiary/aromatic N) is 1. The summed E-state index contributed by atoms with van der Waals surface area (Å²) in [6, 6.07) is 12.5. The molecule has 35 heavy (non-hydrogen) atoms. The molecule has 0 saturated carbocycles. The van der Waals surface area contributed by atoms with E-state index in [1.807, 2.05) is 30.3 Å². The molecule has 0 unspecified atom stereocenters. The summed E-state index contributed by atoms with van der Waals surface area (Å²) in [7, 11) is 1.51. The lowest BCUT2D eigenvalue weighted by Crippen LogP contribution is -2.50. The maximum Gasteiger partial charge on any atom is 0.323 e.